The van der Waals surface area contributed by atoms with Gasteiger partial charge in [-0.2, -0.15) is 8.42 Å². The van der Waals surface area contributed by atoms with Crippen LogP contribution in [0.1, 0.15) is 5.56 Å². The first kappa shape index (κ1) is 10.9. The van der Waals surface area contributed by atoms with Gasteiger partial charge in [-0.25, -0.2) is 0 Å². The molecule has 0 aliphatic heterocycles. The van der Waals surface area contributed by atoms with E-state index >= 15 is 0 Å². The monoisotopic (exact) mass is 314 g/mol. The van der Waals surface area contributed by atoms with Gasteiger partial charge in [0.25, 0.3) is 0 Å². The standard InChI is InChI=1S/C7H7IO4S/c1-6-2-4-7(5-3-6)13(10,11)12-8-9/h2-5H,1H3. The van der Waals surface area contributed by atoms with Crippen molar-refractivity contribution in [3.05, 3.63) is 29.8 Å². The van der Waals surface area contributed by atoms with Gasteiger partial charge in [-0.1, -0.05) is 17.7 Å². The molecule has 0 saturated carbocycles. The van der Waals surface area contributed by atoms with Gasteiger partial charge < -0.3 is 3.44 Å². The highest BCUT2D eigenvalue weighted by Crippen LogP contribution is 2.10. The smallest absolute Gasteiger partial charge is 0.471 e. The highest BCUT2D eigenvalue weighted by atomic mass is 127. The minimum Gasteiger partial charge on any atom is -0.566 e. The maximum absolute atomic E-state index is 11.1. The summed E-state index contributed by atoms with van der Waals surface area (Å²) in [5, 5.41) is 0. The van der Waals surface area contributed by atoms with Gasteiger partial charge in [-0.05, 0) is 21.6 Å². The lowest BCUT2D eigenvalue weighted by Crippen LogP contribution is -3.70. The third-order valence-electron chi connectivity index (χ3n) is 1.42. The van der Waals surface area contributed by atoms with Crippen LogP contribution in [-0.2, 0) is 12.6 Å². The van der Waals surface area contributed by atoms with Gasteiger partial charge in [0.15, 0.2) is 0 Å². The van der Waals surface area contributed by atoms with Crippen molar-refractivity contribution >= 4 is 10.1 Å². The van der Waals surface area contributed by atoms with Crippen molar-refractivity contribution < 1.29 is 36.4 Å². The topological polar surface area (TPSA) is 66.4 Å². The van der Waals surface area contributed by atoms with Crippen LogP contribution < -0.4 is 25.5 Å². The van der Waals surface area contributed by atoms with Crippen molar-refractivity contribution in [1.82, 2.24) is 0 Å². The Kier molecular flexibility index (Phi) is 3.65. The number of halogens is 1. The zero-order valence-corrected chi connectivity index (χ0v) is 9.70. The van der Waals surface area contributed by atoms with Gasteiger partial charge in [-0.15, -0.1) is 0 Å². The van der Waals surface area contributed by atoms with Crippen LogP contribution in [0, 0.1) is 6.92 Å². The highest BCUT2D eigenvalue weighted by Gasteiger charge is 2.19. The fourth-order valence-corrected chi connectivity index (χ4v) is 2.59. The molecule has 1 aromatic carbocycles. The first-order valence-electron chi connectivity index (χ1n) is 3.33. The number of rotatable bonds is 3. The number of aryl methyl sites for hydroxylation is 1. The van der Waals surface area contributed by atoms with E-state index in [0.717, 1.165) is 5.56 Å². The molecule has 0 saturated heterocycles. The molecule has 4 nitrogen and oxygen atoms in total. The Bertz CT molecular complexity index is 370. The summed E-state index contributed by atoms with van der Waals surface area (Å²) in [5.41, 5.74) is 0.954. The average Bonchev–Trinajstić information content (AvgIpc) is 2.05. The lowest BCUT2D eigenvalue weighted by molar-refractivity contribution is -1.25. The maximum atomic E-state index is 11.1. The zero-order valence-electron chi connectivity index (χ0n) is 6.73. The summed E-state index contributed by atoms with van der Waals surface area (Å²) in [6, 6.07) is 6.15. The van der Waals surface area contributed by atoms with Crippen LogP contribution in [0.4, 0.5) is 0 Å². The first-order valence-corrected chi connectivity index (χ1v) is 6.50. The molecule has 72 valence electrons. The predicted octanol–water partition coefficient (Wildman–Crippen LogP) is -3.02. The molecule has 0 radical (unpaired) electrons. The highest BCUT2D eigenvalue weighted by molar-refractivity contribution is 7.86. The van der Waals surface area contributed by atoms with Crippen LogP contribution in [-0.4, -0.2) is 8.42 Å². The molecule has 1 aromatic rings. The van der Waals surface area contributed by atoms with Crippen molar-refractivity contribution in [2.24, 2.45) is 0 Å². The second-order valence-electron chi connectivity index (χ2n) is 2.39. The third-order valence-corrected chi connectivity index (χ3v) is 4.35. The van der Waals surface area contributed by atoms with Crippen molar-refractivity contribution in [3.63, 3.8) is 0 Å². The summed E-state index contributed by atoms with van der Waals surface area (Å²) in [5.74, 6) is 0. The summed E-state index contributed by atoms with van der Waals surface area (Å²) < 4.78 is 36.6. The molecule has 0 heterocycles. The minimum absolute atomic E-state index is 0.0358. The van der Waals surface area contributed by atoms with Gasteiger partial charge in [0.05, 0.1) is 4.90 Å². The second kappa shape index (κ2) is 4.36. The van der Waals surface area contributed by atoms with E-state index in [-0.39, 0.29) is 4.90 Å². The fourth-order valence-electron chi connectivity index (χ4n) is 0.775. The van der Waals surface area contributed by atoms with E-state index in [4.69, 9.17) is 0 Å². The van der Waals surface area contributed by atoms with Crippen molar-refractivity contribution in [1.29, 1.82) is 0 Å². The molecule has 1 rings (SSSR count). The molecule has 0 aliphatic rings. The van der Waals surface area contributed by atoms with Crippen molar-refractivity contribution in [2.75, 3.05) is 0 Å². The second-order valence-corrected chi connectivity index (χ2v) is 5.34. The third kappa shape index (κ3) is 2.90. The zero-order chi connectivity index (χ0) is 9.90. The van der Waals surface area contributed by atoms with E-state index in [9.17, 15) is 11.9 Å². The summed E-state index contributed by atoms with van der Waals surface area (Å²) in [6.07, 6.45) is 0. The molecule has 0 amide bonds. The maximum Gasteiger partial charge on any atom is 0.471 e. The molecule has 0 spiro atoms. The Morgan fingerprint density at radius 2 is 1.85 bits per heavy atom. The van der Waals surface area contributed by atoms with Crippen molar-refractivity contribution in [2.45, 2.75) is 11.8 Å². The van der Waals surface area contributed by atoms with E-state index in [0.29, 0.717) is 0 Å². The van der Waals surface area contributed by atoms with E-state index in [2.05, 4.69) is 2.51 Å². The molecular weight excluding hydrogens is 307 g/mol. The van der Waals surface area contributed by atoms with Crippen LogP contribution >= 0.6 is 0 Å². The summed E-state index contributed by atoms with van der Waals surface area (Å²) >= 11 is -1.95. The van der Waals surface area contributed by atoms with Crippen LogP contribution in [0.2, 0.25) is 0 Å². The Labute approximate surface area is 88.0 Å². The predicted molar refractivity (Wildman–Crippen MR) is 39.4 cm³/mol. The Hall–Kier alpha value is -0.180. The number of hydrogen-bond donors (Lipinski definition) is 0. The molecule has 0 aliphatic carbocycles. The average molecular weight is 314 g/mol. The molecule has 0 fully saturated rings. The van der Waals surface area contributed by atoms with E-state index < -0.39 is 32.2 Å². The van der Waals surface area contributed by atoms with Crippen LogP contribution in [0.5, 0.6) is 0 Å². The van der Waals surface area contributed by atoms with E-state index in [1.54, 1.807) is 12.1 Å². The van der Waals surface area contributed by atoms with Gasteiger partial charge in [-0.3, -0.25) is 0 Å². The number of hydrogen-bond acceptors (Lipinski definition) is 4. The lowest BCUT2D eigenvalue weighted by atomic mass is 10.2. The summed E-state index contributed by atoms with van der Waals surface area (Å²) in [6.45, 7) is 1.85. The summed E-state index contributed by atoms with van der Waals surface area (Å²) in [4.78, 5) is 0.0358. The molecule has 0 bridgehead atoms. The molecule has 0 unspecified atom stereocenters. The molecule has 0 aromatic heterocycles. The van der Waals surface area contributed by atoms with Crippen LogP contribution in [0.3, 0.4) is 0 Å². The largest absolute Gasteiger partial charge is 0.566 e. The molecular formula is C7H7IO4S. The quantitative estimate of drug-likeness (QED) is 0.557. The van der Waals surface area contributed by atoms with Gasteiger partial charge in [0.1, 0.15) is 0 Å². The SMILES string of the molecule is Cc1ccc(S(=O)(=O)O[I+][O-])cc1. The summed E-state index contributed by atoms with van der Waals surface area (Å²) in [7, 11) is -3.79. The molecule has 6 heteroatoms. The lowest BCUT2D eigenvalue weighted by Gasteiger charge is -1.97. The minimum atomic E-state index is -3.79. The van der Waals surface area contributed by atoms with Gasteiger partial charge in [0.2, 0.25) is 0 Å². The number of benzene rings is 1. The van der Waals surface area contributed by atoms with E-state index in [1.165, 1.54) is 12.1 Å². The Morgan fingerprint density at radius 3 is 2.31 bits per heavy atom. The molecule has 0 N–H and O–H groups in total. The Morgan fingerprint density at radius 1 is 1.31 bits per heavy atom. The van der Waals surface area contributed by atoms with Crippen LogP contribution in [0.25, 0.3) is 0 Å². The molecule has 0 atom stereocenters. The normalized spacial score (nSPS) is 11.5. The Balaban J connectivity index is 3.02. The van der Waals surface area contributed by atoms with Crippen molar-refractivity contribution in [3.8, 4) is 0 Å². The first-order chi connectivity index (χ1) is 6.06. The van der Waals surface area contributed by atoms with E-state index in [1.807, 2.05) is 6.92 Å². The van der Waals surface area contributed by atoms with Gasteiger partial charge >= 0.3 is 32.2 Å². The van der Waals surface area contributed by atoms with Crippen LogP contribution in [0.15, 0.2) is 29.2 Å². The van der Waals surface area contributed by atoms with Gasteiger partial charge in [0, 0.05) is 0 Å². The fraction of sp³-hybridized carbons (Fsp3) is 0.143. The molecule has 13 heavy (non-hydrogen) atoms.